The van der Waals surface area contributed by atoms with Gasteiger partial charge in [0, 0.05) is 79.5 Å². The third kappa shape index (κ3) is 22.8. The number of para-hydroxylation sites is 2. The highest BCUT2D eigenvalue weighted by Crippen LogP contribution is 2.26. The van der Waals surface area contributed by atoms with Crippen LogP contribution in [0.5, 0.6) is 5.75 Å². The number of fused-ring (bicyclic) bond motifs is 2. The number of phenolic OH excluding ortho intramolecular Hbond substituents is 1. The van der Waals surface area contributed by atoms with Crippen LogP contribution in [0, 0.1) is 17.2 Å². The number of esters is 1. The van der Waals surface area contributed by atoms with Crippen LogP contribution in [0.2, 0.25) is 0 Å². The molecule has 32 heteroatoms. The van der Waals surface area contributed by atoms with Crippen LogP contribution in [0.4, 0.5) is 4.79 Å². The fourth-order valence-corrected chi connectivity index (χ4v) is 12.5. The smallest absolute Gasteiger partial charge is 0.417 e. The summed E-state index contributed by atoms with van der Waals surface area (Å²) < 4.78 is 16.4. The number of H-pyrrole nitrogens is 2. The number of rotatable bonds is 35. The second kappa shape index (κ2) is 37.9. The lowest BCUT2D eigenvalue weighted by Gasteiger charge is -2.33. The number of carbonyl (C=O) groups is 12. The van der Waals surface area contributed by atoms with E-state index in [0.29, 0.717) is 55.4 Å². The minimum atomic E-state index is -1.90. The van der Waals surface area contributed by atoms with Crippen LogP contribution in [0.15, 0.2) is 116 Å². The van der Waals surface area contributed by atoms with E-state index in [-0.39, 0.29) is 95.2 Å². The molecular weight excluding hydrogens is 1370 g/mol. The van der Waals surface area contributed by atoms with Gasteiger partial charge in [0.2, 0.25) is 59.1 Å². The van der Waals surface area contributed by atoms with Crippen LogP contribution in [-0.2, 0) is 92.8 Å². The SMILES string of the molecule is COC(=O)CNC(=O)[C@@H]1CCCN1C(=O)[C@H](CCCNC(=N)N)NC(=O)[C@H](CC(C)C)NC(=O)[C@@H](Cc1c[nH]c2ccccc12)NC(=O)[C@H](Cc1ccc(O)cc1)NC(=O)[C@H](CO)NC(=O)[C@H](Cc1c[nH]c2ccccc12)NC(=O)[C@H](COCc1ccccc1)N(C(=O)OC(C)(C)C)C(=O)[C@H]1CNC(=O)C1. The second-order valence-corrected chi connectivity index (χ2v) is 27.6. The molecule has 0 radical (unpaired) electrons. The van der Waals surface area contributed by atoms with Gasteiger partial charge in [-0.15, -0.1) is 0 Å². The number of hydrogen-bond donors (Lipinski definition) is 15. The van der Waals surface area contributed by atoms with Gasteiger partial charge in [0.05, 0.1) is 32.8 Å². The Morgan fingerprint density at radius 1 is 0.679 bits per heavy atom. The van der Waals surface area contributed by atoms with E-state index in [4.69, 9.17) is 20.6 Å². The number of methoxy groups -OCH3 is 1. The fraction of sp³-hybridized carbons (Fsp3) is 0.446. The van der Waals surface area contributed by atoms with Crippen molar-refractivity contribution >= 4 is 98.9 Å². The summed E-state index contributed by atoms with van der Waals surface area (Å²) in [5.41, 5.74) is 7.69. The van der Waals surface area contributed by atoms with Crippen molar-refractivity contribution in [3.8, 4) is 5.75 Å². The number of aromatic amines is 2. The molecule has 568 valence electrons. The summed E-state index contributed by atoms with van der Waals surface area (Å²) in [7, 11) is 1.16. The standard InChI is InChI=1S/C74H95N15O17/c1-42(2)30-54(63(94)82-53(22-14-28-77-72(75)76)71(102)88-29-15-23-59(88)68(99)81-38-62(93)104-6)83-65(96)56(32-45-35-78-51-20-12-10-18-49(45)51)85-64(95)55(31-43-24-26-48(91)27-25-43)84-67(98)58(39-90)87-66(97)57(33-46-36-79-52-21-13-11-19-50(46)52)86-69(100)60(41-105-40-44-16-8-7-9-17-44)89(73(103)106-74(3,4)5)70(101)47-34-61(92)80-37-47/h7-13,16-21,24-27,35-36,42,47,53-60,78-79,90-91H,14-15,22-23,28-34,37-41H2,1-6H3,(H,80,92)(H,81,99)(H,82,94)(H,83,96)(H,84,98)(H,85,95)(H,86,100)(H,87,97)(H4,75,76,77)/t47-,53+,54+,55+,56-,57+,58+,59+,60+/m1/s1. The van der Waals surface area contributed by atoms with Crippen LogP contribution in [0.3, 0.4) is 0 Å². The van der Waals surface area contributed by atoms with Gasteiger partial charge in [0.1, 0.15) is 66.2 Å². The number of guanidine groups is 1. The molecule has 4 heterocycles. The summed E-state index contributed by atoms with van der Waals surface area (Å²) in [5, 5.41) is 54.3. The van der Waals surface area contributed by atoms with Crippen LogP contribution < -0.4 is 53.6 Å². The van der Waals surface area contributed by atoms with E-state index in [1.54, 1.807) is 126 Å². The molecule has 6 aromatic rings. The van der Waals surface area contributed by atoms with E-state index >= 15 is 19.2 Å². The molecule has 0 bridgehead atoms. The Morgan fingerprint density at radius 3 is 1.77 bits per heavy atom. The van der Waals surface area contributed by atoms with Gasteiger partial charge in [-0.25, -0.2) is 9.69 Å². The maximum atomic E-state index is 15.3. The van der Waals surface area contributed by atoms with Crippen molar-refractivity contribution in [2.24, 2.45) is 17.6 Å². The highest BCUT2D eigenvalue weighted by atomic mass is 16.6. The average Bonchev–Trinajstić information content (AvgIpc) is 1.30. The molecule has 2 aliphatic heterocycles. The molecule has 2 aliphatic rings. The zero-order chi connectivity index (χ0) is 76.8. The summed E-state index contributed by atoms with van der Waals surface area (Å²) in [6.45, 7) is 5.99. The molecule has 106 heavy (non-hydrogen) atoms. The number of imide groups is 1. The van der Waals surface area contributed by atoms with E-state index in [1.807, 2.05) is 0 Å². The molecule has 8 rings (SSSR count). The Kier molecular flexibility index (Phi) is 28.7. The number of aromatic hydroxyl groups is 1. The molecule has 4 aromatic carbocycles. The molecule has 0 aliphatic carbocycles. The zero-order valence-corrected chi connectivity index (χ0v) is 60.0. The molecule has 2 aromatic heterocycles. The summed E-state index contributed by atoms with van der Waals surface area (Å²) in [5.74, 6) is -11.3. The Morgan fingerprint density at radius 2 is 1.22 bits per heavy atom. The number of nitrogens with two attached hydrogens (primary N) is 1. The lowest BCUT2D eigenvalue weighted by atomic mass is 9.99. The molecule has 0 saturated carbocycles. The number of nitrogens with zero attached hydrogens (tertiary/aromatic N) is 2. The number of hydrogen-bond acceptors (Lipinski definition) is 18. The third-order valence-corrected chi connectivity index (χ3v) is 17.9. The van der Waals surface area contributed by atoms with E-state index in [0.717, 1.165) is 7.11 Å². The van der Waals surface area contributed by atoms with Crippen molar-refractivity contribution in [3.05, 3.63) is 138 Å². The number of amides is 11. The van der Waals surface area contributed by atoms with Crippen molar-refractivity contribution < 1.29 is 82.0 Å². The number of benzene rings is 4. The van der Waals surface area contributed by atoms with Crippen LogP contribution in [-0.4, -0.2) is 208 Å². The predicted octanol–water partition coefficient (Wildman–Crippen LogP) is 1.36. The number of phenols is 1. The zero-order valence-electron chi connectivity index (χ0n) is 60.0. The molecule has 16 N–H and O–H groups in total. The fourth-order valence-electron chi connectivity index (χ4n) is 12.5. The van der Waals surface area contributed by atoms with E-state index in [1.165, 1.54) is 29.2 Å². The first-order valence-corrected chi connectivity index (χ1v) is 35.1. The van der Waals surface area contributed by atoms with Crippen LogP contribution in [0.1, 0.15) is 95.4 Å². The largest absolute Gasteiger partial charge is 0.508 e. The van der Waals surface area contributed by atoms with Crippen molar-refractivity contribution in [2.75, 3.05) is 46.5 Å². The normalized spacial score (nSPS) is 16.2. The third-order valence-electron chi connectivity index (χ3n) is 17.9. The van der Waals surface area contributed by atoms with Crippen molar-refractivity contribution in [2.45, 2.75) is 153 Å². The lowest BCUT2D eigenvalue weighted by molar-refractivity contribution is -0.145. The average molecular weight is 1470 g/mol. The van der Waals surface area contributed by atoms with Crippen molar-refractivity contribution in [1.82, 2.24) is 67.6 Å². The minimum Gasteiger partial charge on any atom is -0.508 e. The van der Waals surface area contributed by atoms with E-state index in [2.05, 4.69) is 62.6 Å². The first-order chi connectivity index (χ1) is 50.6. The maximum Gasteiger partial charge on any atom is 0.417 e. The second-order valence-electron chi connectivity index (χ2n) is 27.6. The van der Waals surface area contributed by atoms with Gasteiger partial charge in [0.15, 0.2) is 5.96 Å². The molecule has 9 atom stereocenters. The summed E-state index contributed by atoms with van der Waals surface area (Å²) in [6.07, 6.45) is 1.62. The first kappa shape index (κ1) is 80.3. The number of aliphatic hydroxyl groups excluding tert-OH is 1. The summed E-state index contributed by atoms with van der Waals surface area (Å²) in [4.78, 5) is 180. The highest BCUT2D eigenvalue weighted by Gasteiger charge is 2.45. The first-order valence-electron chi connectivity index (χ1n) is 35.1. The molecule has 2 saturated heterocycles. The van der Waals surface area contributed by atoms with Crippen LogP contribution in [0.25, 0.3) is 21.8 Å². The molecule has 0 spiro atoms. The Hall–Kier alpha value is -11.4. The monoisotopic (exact) mass is 1470 g/mol. The quantitative estimate of drug-likeness (QED) is 0.0116. The Balaban J connectivity index is 1.08. The molecular formula is C74H95N15O17. The van der Waals surface area contributed by atoms with Gasteiger partial charge in [0.25, 0.3) is 0 Å². The number of nitrogens with one attached hydrogen (secondary N) is 12. The Bertz CT molecular complexity index is 4120. The predicted molar refractivity (Wildman–Crippen MR) is 387 cm³/mol. The van der Waals surface area contributed by atoms with Gasteiger partial charge < -0.3 is 92.9 Å². The van der Waals surface area contributed by atoms with Crippen LogP contribution >= 0.6 is 0 Å². The lowest BCUT2D eigenvalue weighted by Crippen LogP contribution is -2.62. The van der Waals surface area contributed by atoms with Gasteiger partial charge >= 0.3 is 12.1 Å². The van der Waals surface area contributed by atoms with Gasteiger partial charge in [-0.1, -0.05) is 92.7 Å². The topological polar surface area (TPSA) is 469 Å². The van der Waals surface area contributed by atoms with E-state index < -0.39 is 151 Å². The summed E-state index contributed by atoms with van der Waals surface area (Å²) in [6, 6.07) is 16.2. The van der Waals surface area contributed by atoms with Crippen molar-refractivity contribution in [3.63, 3.8) is 0 Å². The number of likely N-dealkylation sites (tertiary alicyclic amines) is 1. The van der Waals surface area contributed by atoms with Crippen molar-refractivity contribution in [1.29, 1.82) is 5.41 Å². The minimum absolute atomic E-state index is 0.00398. The van der Waals surface area contributed by atoms with E-state index in [9.17, 15) is 48.6 Å². The molecule has 11 amide bonds. The summed E-state index contributed by atoms with van der Waals surface area (Å²) >= 11 is 0. The number of carbonyl (C=O) groups excluding carboxylic acids is 12. The number of aliphatic hydroxyl groups is 1. The molecule has 32 nitrogen and oxygen atoms in total. The number of ether oxygens (including phenoxy) is 3. The van der Waals surface area contributed by atoms with Gasteiger partial charge in [-0.3, -0.25) is 58.1 Å². The number of aromatic nitrogens is 2. The maximum absolute atomic E-state index is 15.3. The molecule has 2 fully saturated rings. The van der Waals surface area contributed by atoms with Gasteiger partial charge in [-0.05, 0) is 105 Å². The van der Waals surface area contributed by atoms with Gasteiger partial charge in [-0.2, -0.15) is 0 Å². The highest BCUT2D eigenvalue weighted by molar-refractivity contribution is 6.03. The Labute approximate surface area is 612 Å². The molecule has 0 unspecified atom stereocenters.